The van der Waals surface area contributed by atoms with Gasteiger partial charge in [0.2, 0.25) is 0 Å². The fourth-order valence-corrected chi connectivity index (χ4v) is 2.94. The van der Waals surface area contributed by atoms with Crippen molar-refractivity contribution in [3.63, 3.8) is 0 Å². The van der Waals surface area contributed by atoms with Crippen LogP contribution in [0.15, 0.2) is 18.5 Å². The van der Waals surface area contributed by atoms with Crippen molar-refractivity contribution in [1.29, 1.82) is 0 Å². The maximum Gasteiger partial charge on any atom is 0.164 e. The van der Waals surface area contributed by atoms with E-state index in [0.29, 0.717) is 27.3 Å². The molecule has 1 atom stereocenters. The van der Waals surface area contributed by atoms with Crippen molar-refractivity contribution in [3.8, 4) is 5.75 Å². The summed E-state index contributed by atoms with van der Waals surface area (Å²) < 4.78 is 7.21. The Morgan fingerprint density at radius 3 is 2.61 bits per heavy atom. The van der Waals surface area contributed by atoms with Crippen LogP contribution >= 0.6 is 23.2 Å². The highest BCUT2D eigenvalue weighted by Crippen LogP contribution is 2.36. The van der Waals surface area contributed by atoms with Crippen molar-refractivity contribution in [3.05, 3.63) is 39.8 Å². The molecular formula is C15H15Cl2N5O. The molecular weight excluding hydrogens is 337 g/mol. The largest absolute Gasteiger partial charge is 0.496 e. The van der Waals surface area contributed by atoms with Crippen LogP contribution in [0.1, 0.15) is 24.2 Å². The summed E-state index contributed by atoms with van der Waals surface area (Å²) in [6.07, 6.45) is 1.42. The van der Waals surface area contributed by atoms with Crippen LogP contribution in [0.5, 0.6) is 5.75 Å². The Morgan fingerprint density at radius 1 is 1.22 bits per heavy atom. The van der Waals surface area contributed by atoms with Crippen LogP contribution in [-0.2, 0) is 0 Å². The zero-order valence-corrected chi connectivity index (χ0v) is 14.4. The maximum absolute atomic E-state index is 6.16. The molecule has 2 N–H and O–H groups in total. The van der Waals surface area contributed by atoms with Crippen LogP contribution in [0.25, 0.3) is 11.0 Å². The number of hydrogen-bond donors (Lipinski definition) is 1. The zero-order valence-electron chi connectivity index (χ0n) is 12.8. The number of nitrogens with zero attached hydrogens (tertiary/aromatic N) is 4. The fraction of sp³-hybridized carbons (Fsp3) is 0.267. The van der Waals surface area contributed by atoms with Crippen LogP contribution < -0.4 is 10.5 Å². The molecule has 0 radical (unpaired) electrons. The Balaban J connectivity index is 2.20. The number of nitrogens with two attached hydrogens (primary N) is 1. The third kappa shape index (κ3) is 2.58. The smallest absolute Gasteiger partial charge is 0.164 e. The van der Waals surface area contributed by atoms with Gasteiger partial charge in [0.15, 0.2) is 5.65 Å². The Labute approximate surface area is 143 Å². The minimum absolute atomic E-state index is 0.176. The highest BCUT2D eigenvalue weighted by atomic mass is 35.5. The van der Waals surface area contributed by atoms with Crippen LogP contribution in [0.2, 0.25) is 10.0 Å². The third-order valence-electron chi connectivity index (χ3n) is 3.78. The fourth-order valence-electron chi connectivity index (χ4n) is 2.62. The highest BCUT2D eigenvalue weighted by Gasteiger charge is 2.21. The Kier molecular flexibility index (Phi) is 4.04. The summed E-state index contributed by atoms with van der Waals surface area (Å²) in [5.41, 5.74) is 8.22. The van der Waals surface area contributed by atoms with Crippen molar-refractivity contribution in [2.24, 2.45) is 0 Å². The molecule has 1 aromatic carbocycles. The summed E-state index contributed by atoms with van der Waals surface area (Å²) in [4.78, 5) is 8.34. The van der Waals surface area contributed by atoms with Gasteiger partial charge in [-0.2, -0.15) is 5.10 Å². The van der Waals surface area contributed by atoms with Gasteiger partial charge in [-0.15, -0.1) is 0 Å². The normalized spacial score (nSPS) is 12.6. The highest BCUT2D eigenvalue weighted by molar-refractivity contribution is 6.42. The predicted molar refractivity (Wildman–Crippen MR) is 91.3 cm³/mol. The summed E-state index contributed by atoms with van der Waals surface area (Å²) in [7, 11) is 1.59. The van der Waals surface area contributed by atoms with Gasteiger partial charge in [0.25, 0.3) is 0 Å². The van der Waals surface area contributed by atoms with Gasteiger partial charge < -0.3 is 10.5 Å². The van der Waals surface area contributed by atoms with E-state index in [0.717, 1.165) is 16.6 Å². The molecule has 3 rings (SSSR count). The van der Waals surface area contributed by atoms with Crippen molar-refractivity contribution >= 4 is 40.1 Å². The Bertz CT molecular complexity index is 893. The van der Waals surface area contributed by atoms with Crippen LogP contribution in [0, 0.1) is 6.92 Å². The first-order valence-electron chi connectivity index (χ1n) is 6.92. The van der Waals surface area contributed by atoms with Gasteiger partial charge in [0.05, 0.1) is 34.3 Å². The summed E-state index contributed by atoms with van der Waals surface area (Å²) in [6.45, 7) is 3.85. The first-order chi connectivity index (χ1) is 10.9. The maximum atomic E-state index is 6.16. The van der Waals surface area contributed by atoms with Gasteiger partial charge in [0.1, 0.15) is 17.9 Å². The predicted octanol–water partition coefficient (Wildman–Crippen LogP) is 3.64. The van der Waals surface area contributed by atoms with Gasteiger partial charge in [-0.05, 0) is 19.9 Å². The lowest BCUT2D eigenvalue weighted by Gasteiger charge is -2.17. The number of aromatic nitrogens is 4. The minimum atomic E-state index is -0.176. The summed E-state index contributed by atoms with van der Waals surface area (Å²) >= 11 is 12.2. The average Bonchev–Trinajstić information content (AvgIpc) is 2.87. The van der Waals surface area contributed by atoms with E-state index in [1.165, 1.54) is 6.33 Å². The molecule has 3 aromatic rings. The summed E-state index contributed by atoms with van der Waals surface area (Å²) in [6, 6.07) is 3.29. The molecule has 6 nitrogen and oxygen atoms in total. The van der Waals surface area contributed by atoms with E-state index in [9.17, 15) is 0 Å². The van der Waals surface area contributed by atoms with E-state index in [1.807, 2.05) is 13.8 Å². The molecule has 0 saturated carbocycles. The van der Waals surface area contributed by atoms with Crippen molar-refractivity contribution < 1.29 is 4.74 Å². The third-order valence-corrected chi connectivity index (χ3v) is 4.50. The van der Waals surface area contributed by atoms with Gasteiger partial charge in [0, 0.05) is 11.6 Å². The molecule has 0 saturated heterocycles. The van der Waals surface area contributed by atoms with Gasteiger partial charge in [-0.25, -0.2) is 14.6 Å². The quantitative estimate of drug-likeness (QED) is 0.779. The molecule has 1 unspecified atom stereocenters. The van der Waals surface area contributed by atoms with Crippen LogP contribution in [0.3, 0.4) is 0 Å². The van der Waals surface area contributed by atoms with Crippen molar-refractivity contribution in [2.45, 2.75) is 19.9 Å². The topological polar surface area (TPSA) is 78.9 Å². The number of hydrogen-bond acceptors (Lipinski definition) is 5. The number of methoxy groups -OCH3 is 1. The molecule has 0 amide bonds. The number of rotatable bonds is 3. The second kappa shape index (κ2) is 5.86. The SMILES string of the molecule is COc1cc(Cl)c(Cl)cc1C(C)n1nc(C)c2c(N)ncnc21. The molecule has 0 spiro atoms. The molecule has 120 valence electrons. The molecule has 0 aliphatic heterocycles. The lowest BCUT2D eigenvalue weighted by molar-refractivity contribution is 0.401. The molecule has 2 heterocycles. The number of benzene rings is 1. The zero-order chi connectivity index (χ0) is 16.7. The second-order valence-corrected chi connectivity index (χ2v) is 5.99. The van der Waals surface area contributed by atoms with Gasteiger partial charge in [-0.1, -0.05) is 23.2 Å². The minimum Gasteiger partial charge on any atom is -0.496 e. The first kappa shape index (κ1) is 15.8. The molecule has 23 heavy (non-hydrogen) atoms. The Hall–Kier alpha value is -2.05. The number of halogens is 2. The standard InChI is InChI=1S/C15H15Cl2N5O/c1-7-13-14(18)19-6-20-15(13)22(21-7)8(2)9-4-10(16)11(17)5-12(9)23-3/h4-6,8H,1-3H3,(H2,18,19,20). The average molecular weight is 352 g/mol. The van der Waals surface area contributed by atoms with E-state index < -0.39 is 0 Å². The lowest BCUT2D eigenvalue weighted by atomic mass is 10.1. The molecule has 0 aliphatic rings. The first-order valence-corrected chi connectivity index (χ1v) is 7.67. The van der Waals surface area contributed by atoms with E-state index in [4.69, 9.17) is 33.7 Å². The molecule has 0 bridgehead atoms. The lowest BCUT2D eigenvalue weighted by Crippen LogP contribution is -2.11. The molecule has 8 heteroatoms. The number of anilines is 1. The van der Waals surface area contributed by atoms with E-state index in [1.54, 1.807) is 23.9 Å². The van der Waals surface area contributed by atoms with Crippen molar-refractivity contribution in [1.82, 2.24) is 19.7 Å². The summed E-state index contributed by atoms with van der Waals surface area (Å²) in [5.74, 6) is 1.04. The van der Waals surface area contributed by atoms with Gasteiger partial charge in [-0.3, -0.25) is 0 Å². The molecule has 0 aliphatic carbocycles. The van der Waals surface area contributed by atoms with Crippen molar-refractivity contribution in [2.75, 3.05) is 12.8 Å². The van der Waals surface area contributed by atoms with Crippen LogP contribution in [0.4, 0.5) is 5.82 Å². The number of nitrogen functional groups attached to an aromatic ring is 1. The number of aryl methyl sites for hydroxylation is 1. The number of fused-ring (bicyclic) bond motifs is 1. The monoisotopic (exact) mass is 351 g/mol. The molecule has 2 aromatic heterocycles. The van der Waals surface area contributed by atoms with E-state index >= 15 is 0 Å². The van der Waals surface area contributed by atoms with Crippen LogP contribution in [-0.4, -0.2) is 26.9 Å². The molecule has 0 fully saturated rings. The van der Waals surface area contributed by atoms with Gasteiger partial charge >= 0.3 is 0 Å². The van der Waals surface area contributed by atoms with E-state index in [-0.39, 0.29) is 6.04 Å². The van der Waals surface area contributed by atoms with E-state index in [2.05, 4.69) is 15.1 Å². The summed E-state index contributed by atoms with van der Waals surface area (Å²) in [5, 5.41) is 6.20. The number of ether oxygens (including phenoxy) is 1. The Morgan fingerprint density at radius 2 is 1.91 bits per heavy atom. The second-order valence-electron chi connectivity index (χ2n) is 5.17.